The number of rotatable bonds is 6. The van der Waals surface area contributed by atoms with Gasteiger partial charge < -0.3 is 16.0 Å². The number of carbonyl (C=O) groups excluding carboxylic acids is 2. The summed E-state index contributed by atoms with van der Waals surface area (Å²) in [6, 6.07) is 3.69. The molecule has 0 saturated carbocycles. The van der Waals surface area contributed by atoms with Crippen LogP contribution >= 0.6 is 11.8 Å². The van der Waals surface area contributed by atoms with Gasteiger partial charge in [0, 0.05) is 61.6 Å². The Hall–Kier alpha value is -1.60. The summed E-state index contributed by atoms with van der Waals surface area (Å²) in [6.07, 6.45) is 3.97. The number of nitrogens with zero attached hydrogens (tertiary/aromatic N) is 1. The summed E-state index contributed by atoms with van der Waals surface area (Å²) < 4.78 is 0. The van der Waals surface area contributed by atoms with Gasteiger partial charge >= 0.3 is 0 Å². The number of nitrogens with one attached hydrogen (secondary N) is 3. The summed E-state index contributed by atoms with van der Waals surface area (Å²) in [4.78, 5) is 27.3. The van der Waals surface area contributed by atoms with Crippen molar-refractivity contribution in [1.29, 1.82) is 0 Å². The zero-order valence-corrected chi connectivity index (χ0v) is 12.6. The van der Waals surface area contributed by atoms with Crippen molar-refractivity contribution in [2.24, 2.45) is 0 Å². The number of pyridine rings is 1. The van der Waals surface area contributed by atoms with E-state index in [0.717, 1.165) is 18.1 Å². The molecule has 3 N–H and O–H groups in total. The minimum Gasteiger partial charge on any atom is -0.356 e. The molecule has 1 unspecified atom stereocenters. The molecule has 2 rings (SSSR count). The molecule has 1 aliphatic rings. The van der Waals surface area contributed by atoms with Crippen molar-refractivity contribution in [2.75, 3.05) is 29.9 Å². The quantitative estimate of drug-likeness (QED) is 0.718. The summed E-state index contributed by atoms with van der Waals surface area (Å²) in [5, 5.41) is 8.85. The van der Waals surface area contributed by atoms with Gasteiger partial charge in [-0.3, -0.25) is 14.6 Å². The highest BCUT2D eigenvalue weighted by molar-refractivity contribution is 7.99. The minimum atomic E-state index is -0.118. The third-order valence-corrected chi connectivity index (χ3v) is 4.20. The van der Waals surface area contributed by atoms with Crippen molar-refractivity contribution in [3.05, 3.63) is 24.5 Å². The zero-order chi connectivity index (χ0) is 14.9. The molecule has 0 bridgehead atoms. The van der Waals surface area contributed by atoms with Crippen LogP contribution in [0.3, 0.4) is 0 Å². The molecule has 0 aromatic carbocycles. The van der Waals surface area contributed by atoms with Gasteiger partial charge in [0.25, 0.3) is 0 Å². The Bertz CT molecular complexity index is 463. The monoisotopic (exact) mass is 308 g/mol. The van der Waals surface area contributed by atoms with Crippen LogP contribution in [0.2, 0.25) is 0 Å². The van der Waals surface area contributed by atoms with Crippen LogP contribution in [0.25, 0.3) is 0 Å². The Balaban J connectivity index is 1.60. The van der Waals surface area contributed by atoms with Crippen molar-refractivity contribution in [1.82, 2.24) is 15.6 Å². The molecule has 1 saturated heterocycles. The number of anilines is 1. The first-order valence-corrected chi connectivity index (χ1v) is 8.17. The fourth-order valence-corrected chi connectivity index (χ4v) is 2.97. The molecule has 6 nitrogen and oxygen atoms in total. The van der Waals surface area contributed by atoms with Gasteiger partial charge in [0.15, 0.2) is 0 Å². The number of hydrogen-bond donors (Lipinski definition) is 3. The molecular formula is C14H20N4O2S. The first kappa shape index (κ1) is 15.8. The Kier molecular flexibility index (Phi) is 6.49. The standard InChI is InChI=1S/C14H20N4O2S/c19-13(18-11-1-4-15-5-2-11)3-6-17-14(20)9-12-10-21-8-7-16-12/h1-2,4-5,12,16H,3,6-10H2,(H,17,20)(H,15,18,19). The Morgan fingerprint density at radius 2 is 2.14 bits per heavy atom. The van der Waals surface area contributed by atoms with Gasteiger partial charge in [-0.05, 0) is 12.1 Å². The zero-order valence-electron chi connectivity index (χ0n) is 11.8. The lowest BCUT2D eigenvalue weighted by Gasteiger charge is -2.22. The predicted octanol–water partition coefficient (Wildman–Crippen LogP) is 0.621. The molecular weight excluding hydrogens is 288 g/mol. The predicted molar refractivity (Wildman–Crippen MR) is 84.2 cm³/mol. The lowest BCUT2D eigenvalue weighted by Crippen LogP contribution is -2.41. The molecule has 2 amide bonds. The molecule has 7 heteroatoms. The first-order valence-electron chi connectivity index (χ1n) is 7.02. The number of hydrogen-bond acceptors (Lipinski definition) is 5. The molecule has 1 aromatic heterocycles. The highest BCUT2D eigenvalue weighted by Gasteiger charge is 2.16. The van der Waals surface area contributed by atoms with Gasteiger partial charge in [0.05, 0.1) is 0 Å². The maximum Gasteiger partial charge on any atom is 0.226 e. The molecule has 114 valence electrons. The average Bonchev–Trinajstić information content (AvgIpc) is 2.49. The highest BCUT2D eigenvalue weighted by Crippen LogP contribution is 2.10. The summed E-state index contributed by atoms with van der Waals surface area (Å²) in [6.45, 7) is 1.31. The van der Waals surface area contributed by atoms with E-state index in [-0.39, 0.29) is 24.3 Å². The number of carbonyl (C=O) groups is 2. The maximum absolute atomic E-state index is 11.8. The van der Waals surface area contributed by atoms with E-state index in [1.54, 1.807) is 24.5 Å². The van der Waals surface area contributed by atoms with E-state index in [4.69, 9.17) is 0 Å². The first-order chi connectivity index (χ1) is 10.2. The molecule has 1 aromatic rings. The van der Waals surface area contributed by atoms with Gasteiger partial charge in [-0.1, -0.05) is 0 Å². The van der Waals surface area contributed by atoms with E-state index in [0.29, 0.717) is 18.7 Å². The Labute approximate surface area is 128 Å². The Morgan fingerprint density at radius 3 is 2.86 bits per heavy atom. The van der Waals surface area contributed by atoms with Crippen LogP contribution in [0, 0.1) is 0 Å². The van der Waals surface area contributed by atoms with Crippen LogP contribution in [-0.2, 0) is 9.59 Å². The fourth-order valence-electron chi connectivity index (χ4n) is 2.02. The van der Waals surface area contributed by atoms with E-state index in [1.807, 2.05) is 11.8 Å². The van der Waals surface area contributed by atoms with Gasteiger partial charge in [0.1, 0.15) is 0 Å². The van der Waals surface area contributed by atoms with Crippen molar-refractivity contribution >= 4 is 29.3 Å². The van der Waals surface area contributed by atoms with Gasteiger partial charge in [-0.25, -0.2) is 0 Å². The fraction of sp³-hybridized carbons (Fsp3) is 0.500. The molecule has 1 aliphatic heterocycles. The van der Waals surface area contributed by atoms with Crippen LogP contribution in [0.1, 0.15) is 12.8 Å². The highest BCUT2D eigenvalue weighted by atomic mass is 32.2. The minimum absolute atomic E-state index is 0.00767. The maximum atomic E-state index is 11.8. The molecule has 0 aliphatic carbocycles. The molecule has 0 spiro atoms. The lowest BCUT2D eigenvalue weighted by molar-refractivity contribution is -0.121. The average molecular weight is 308 g/mol. The lowest BCUT2D eigenvalue weighted by atomic mass is 10.2. The van der Waals surface area contributed by atoms with Gasteiger partial charge in [-0.15, -0.1) is 0 Å². The second kappa shape index (κ2) is 8.63. The Morgan fingerprint density at radius 1 is 1.33 bits per heavy atom. The molecule has 21 heavy (non-hydrogen) atoms. The largest absolute Gasteiger partial charge is 0.356 e. The third kappa shape index (κ3) is 6.14. The SMILES string of the molecule is O=C(CC1CSCCN1)NCCC(=O)Nc1ccncc1. The van der Waals surface area contributed by atoms with Crippen LogP contribution in [-0.4, -0.2) is 47.4 Å². The normalized spacial score (nSPS) is 18.0. The third-order valence-electron chi connectivity index (χ3n) is 3.07. The number of thioether (sulfide) groups is 1. The number of aromatic nitrogens is 1. The summed E-state index contributed by atoms with van der Waals surface area (Å²) in [7, 11) is 0. The van der Waals surface area contributed by atoms with Crippen LogP contribution in [0.5, 0.6) is 0 Å². The second-order valence-electron chi connectivity index (χ2n) is 4.81. The van der Waals surface area contributed by atoms with E-state index in [1.165, 1.54) is 0 Å². The van der Waals surface area contributed by atoms with Crippen molar-refractivity contribution < 1.29 is 9.59 Å². The second-order valence-corrected chi connectivity index (χ2v) is 5.96. The van der Waals surface area contributed by atoms with Gasteiger partial charge in [-0.2, -0.15) is 11.8 Å². The van der Waals surface area contributed by atoms with Crippen LogP contribution in [0.4, 0.5) is 5.69 Å². The van der Waals surface area contributed by atoms with E-state index in [2.05, 4.69) is 20.9 Å². The molecule has 1 atom stereocenters. The summed E-state index contributed by atoms with van der Waals surface area (Å²) in [5.74, 6) is 1.95. The molecule has 2 heterocycles. The number of amides is 2. The smallest absolute Gasteiger partial charge is 0.226 e. The summed E-state index contributed by atoms with van der Waals surface area (Å²) in [5.41, 5.74) is 0.713. The van der Waals surface area contributed by atoms with Crippen molar-refractivity contribution in [2.45, 2.75) is 18.9 Å². The molecule has 1 fully saturated rings. The topological polar surface area (TPSA) is 83.1 Å². The van der Waals surface area contributed by atoms with Gasteiger partial charge in [0.2, 0.25) is 11.8 Å². The van der Waals surface area contributed by atoms with Crippen LogP contribution in [0.15, 0.2) is 24.5 Å². The molecule has 0 radical (unpaired) electrons. The van der Waals surface area contributed by atoms with E-state index >= 15 is 0 Å². The summed E-state index contributed by atoms with van der Waals surface area (Å²) >= 11 is 1.86. The van der Waals surface area contributed by atoms with Crippen molar-refractivity contribution in [3.63, 3.8) is 0 Å². The van der Waals surface area contributed by atoms with Crippen LogP contribution < -0.4 is 16.0 Å². The van der Waals surface area contributed by atoms with Crippen molar-refractivity contribution in [3.8, 4) is 0 Å². The van der Waals surface area contributed by atoms with E-state index in [9.17, 15) is 9.59 Å². The van der Waals surface area contributed by atoms with E-state index < -0.39 is 0 Å².